The van der Waals surface area contributed by atoms with Crippen LogP contribution in [0.1, 0.15) is 31.2 Å². The van der Waals surface area contributed by atoms with E-state index in [1.165, 1.54) is 37.0 Å². The summed E-state index contributed by atoms with van der Waals surface area (Å²) < 4.78 is 1.86. The molecule has 0 atom stereocenters. The Labute approximate surface area is 109 Å². The van der Waals surface area contributed by atoms with Gasteiger partial charge in [-0.25, -0.2) is 0 Å². The van der Waals surface area contributed by atoms with E-state index in [0.29, 0.717) is 0 Å². The molecule has 0 fully saturated rings. The van der Waals surface area contributed by atoms with Gasteiger partial charge in [0.05, 0.1) is 6.20 Å². The van der Waals surface area contributed by atoms with Crippen LogP contribution in [0.25, 0.3) is 0 Å². The molecule has 0 spiro atoms. The molecule has 1 N–H and O–H groups in total. The van der Waals surface area contributed by atoms with Crippen molar-refractivity contribution in [2.24, 2.45) is 7.05 Å². The van der Waals surface area contributed by atoms with Gasteiger partial charge < -0.3 is 5.32 Å². The van der Waals surface area contributed by atoms with Crippen LogP contribution in [0.4, 0.5) is 0 Å². The number of rotatable bonds is 10. The van der Waals surface area contributed by atoms with Crippen LogP contribution in [0.2, 0.25) is 0 Å². The topological polar surface area (TPSA) is 29.9 Å². The van der Waals surface area contributed by atoms with Gasteiger partial charge in [-0.1, -0.05) is 12.8 Å². The van der Waals surface area contributed by atoms with Crippen LogP contribution in [-0.4, -0.2) is 34.9 Å². The van der Waals surface area contributed by atoms with E-state index in [9.17, 15) is 0 Å². The van der Waals surface area contributed by atoms with E-state index in [-0.39, 0.29) is 0 Å². The van der Waals surface area contributed by atoms with Crippen molar-refractivity contribution in [2.75, 3.05) is 25.1 Å². The molecule has 98 valence electrons. The largest absolute Gasteiger partial charge is 0.316 e. The molecule has 3 nitrogen and oxygen atoms in total. The molecule has 1 heterocycles. The van der Waals surface area contributed by atoms with Gasteiger partial charge in [-0.2, -0.15) is 16.9 Å². The van der Waals surface area contributed by atoms with Crippen molar-refractivity contribution in [1.29, 1.82) is 0 Å². The molecule has 4 heteroatoms. The van der Waals surface area contributed by atoms with E-state index < -0.39 is 0 Å². The van der Waals surface area contributed by atoms with Gasteiger partial charge in [0.25, 0.3) is 0 Å². The summed E-state index contributed by atoms with van der Waals surface area (Å²) in [7, 11) is 1.96. The second kappa shape index (κ2) is 9.54. The van der Waals surface area contributed by atoms with Gasteiger partial charge in [-0.15, -0.1) is 0 Å². The number of thioether (sulfide) groups is 1. The van der Waals surface area contributed by atoms with E-state index in [1.807, 2.05) is 29.7 Å². The molecule has 0 aliphatic rings. The molecular weight excluding hydrogens is 230 g/mol. The number of aryl methyl sites for hydroxylation is 1. The summed E-state index contributed by atoms with van der Waals surface area (Å²) in [4.78, 5) is 0. The van der Waals surface area contributed by atoms with E-state index in [4.69, 9.17) is 0 Å². The van der Waals surface area contributed by atoms with Crippen molar-refractivity contribution < 1.29 is 0 Å². The maximum Gasteiger partial charge on any atom is 0.0522 e. The standard InChI is InChI=1S/C13H25N3S/c1-16-12-13(11-15-16)7-9-14-8-5-3-4-6-10-17-2/h11-12,14H,3-10H2,1-2H3. The first-order valence-corrected chi connectivity index (χ1v) is 7.89. The van der Waals surface area contributed by atoms with Crippen LogP contribution in [-0.2, 0) is 13.5 Å². The highest BCUT2D eigenvalue weighted by Gasteiger charge is 1.95. The second-order valence-corrected chi connectivity index (χ2v) is 5.41. The summed E-state index contributed by atoms with van der Waals surface area (Å²) in [5.74, 6) is 1.31. The molecule has 0 radical (unpaired) electrons. The maximum atomic E-state index is 4.16. The lowest BCUT2D eigenvalue weighted by atomic mass is 10.2. The summed E-state index contributed by atoms with van der Waals surface area (Å²) in [6.07, 6.45) is 12.7. The van der Waals surface area contributed by atoms with Crippen LogP contribution >= 0.6 is 11.8 Å². The molecular formula is C13H25N3S. The SMILES string of the molecule is CSCCCCCCNCCc1cnn(C)c1. The fourth-order valence-electron chi connectivity index (χ4n) is 1.81. The average Bonchev–Trinajstić information content (AvgIpc) is 2.73. The van der Waals surface area contributed by atoms with Crippen LogP contribution in [0.15, 0.2) is 12.4 Å². The molecule has 1 rings (SSSR count). The zero-order valence-electron chi connectivity index (χ0n) is 11.1. The average molecular weight is 255 g/mol. The van der Waals surface area contributed by atoms with Gasteiger partial charge in [0, 0.05) is 13.2 Å². The Bertz CT molecular complexity index is 286. The van der Waals surface area contributed by atoms with Gasteiger partial charge in [0.1, 0.15) is 0 Å². The minimum atomic E-state index is 1.07. The third-order valence-electron chi connectivity index (χ3n) is 2.80. The van der Waals surface area contributed by atoms with Gasteiger partial charge in [0.2, 0.25) is 0 Å². The van der Waals surface area contributed by atoms with Crippen molar-refractivity contribution in [3.63, 3.8) is 0 Å². The number of hydrogen-bond acceptors (Lipinski definition) is 3. The predicted molar refractivity (Wildman–Crippen MR) is 76.6 cm³/mol. The zero-order valence-corrected chi connectivity index (χ0v) is 11.9. The fraction of sp³-hybridized carbons (Fsp3) is 0.769. The van der Waals surface area contributed by atoms with Crippen molar-refractivity contribution in [1.82, 2.24) is 15.1 Å². The smallest absolute Gasteiger partial charge is 0.0522 e. The van der Waals surface area contributed by atoms with E-state index in [2.05, 4.69) is 22.9 Å². The second-order valence-electron chi connectivity index (χ2n) is 4.43. The van der Waals surface area contributed by atoms with Gasteiger partial charge in [-0.05, 0) is 49.9 Å². The van der Waals surface area contributed by atoms with Crippen molar-refractivity contribution >= 4 is 11.8 Å². The van der Waals surface area contributed by atoms with Crippen molar-refractivity contribution in [3.05, 3.63) is 18.0 Å². The quantitative estimate of drug-likeness (QED) is 0.651. The normalized spacial score (nSPS) is 10.9. The molecule has 0 aromatic carbocycles. The Morgan fingerprint density at radius 1 is 1.24 bits per heavy atom. The molecule has 17 heavy (non-hydrogen) atoms. The lowest BCUT2D eigenvalue weighted by Gasteiger charge is -2.03. The highest BCUT2D eigenvalue weighted by molar-refractivity contribution is 7.98. The molecule has 1 aromatic heterocycles. The summed E-state index contributed by atoms with van der Waals surface area (Å²) in [6.45, 7) is 2.22. The first-order valence-electron chi connectivity index (χ1n) is 6.50. The summed E-state index contributed by atoms with van der Waals surface area (Å²) in [5.41, 5.74) is 1.32. The minimum absolute atomic E-state index is 1.07. The molecule has 0 saturated heterocycles. The molecule has 1 aromatic rings. The Morgan fingerprint density at radius 3 is 2.76 bits per heavy atom. The third kappa shape index (κ3) is 7.45. The van der Waals surface area contributed by atoms with Gasteiger partial charge in [0.15, 0.2) is 0 Å². The third-order valence-corrected chi connectivity index (χ3v) is 3.50. The first kappa shape index (κ1) is 14.6. The van der Waals surface area contributed by atoms with Crippen molar-refractivity contribution in [3.8, 4) is 0 Å². The van der Waals surface area contributed by atoms with Crippen molar-refractivity contribution in [2.45, 2.75) is 32.1 Å². The van der Waals surface area contributed by atoms with Crippen LogP contribution in [0.3, 0.4) is 0 Å². The van der Waals surface area contributed by atoms with Crippen LogP contribution < -0.4 is 5.32 Å². The lowest BCUT2D eigenvalue weighted by Crippen LogP contribution is -2.18. The van der Waals surface area contributed by atoms with E-state index >= 15 is 0 Å². The summed E-state index contributed by atoms with van der Waals surface area (Å²) in [5, 5.41) is 7.65. The number of unbranched alkanes of at least 4 members (excludes halogenated alkanes) is 3. The molecule has 0 saturated carbocycles. The Kier molecular flexibility index (Phi) is 8.18. The molecule has 0 unspecified atom stereocenters. The molecule has 0 amide bonds. The number of hydrogen-bond donors (Lipinski definition) is 1. The fourth-order valence-corrected chi connectivity index (χ4v) is 2.30. The Morgan fingerprint density at radius 2 is 2.06 bits per heavy atom. The lowest BCUT2D eigenvalue weighted by molar-refractivity contribution is 0.600. The van der Waals surface area contributed by atoms with Crippen LogP contribution in [0.5, 0.6) is 0 Å². The minimum Gasteiger partial charge on any atom is -0.316 e. The zero-order chi connectivity index (χ0) is 12.3. The van der Waals surface area contributed by atoms with E-state index in [1.54, 1.807) is 0 Å². The number of nitrogens with one attached hydrogen (secondary N) is 1. The highest BCUT2D eigenvalue weighted by atomic mass is 32.2. The Hall–Kier alpha value is -0.480. The molecule has 0 aliphatic carbocycles. The monoisotopic (exact) mass is 255 g/mol. The Balaban J connectivity index is 1.84. The molecule has 0 bridgehead atoms. The highest BCUT2D eigenvalue weighted by Crippen LogP contribution is 2.03. The van der Waals surface area contributed by atoms with Crippen LogP contribution in [0, 0.1) is 0 Å². The number of aromatic nitrogens is 2. The predicted octanol–water partition coefficient (Wildman–Crippen LogP) is 2.48. The number of nitrogens with zero attached hydrogens (tertiary/aromatic N) is 2. The van der Waals surface area contributed by atoms with Gasteiger partial charge >= 0.3 is 0 Å². The summed E-state index contributed by atoms with van der Waals surface area (Å²) >= 11 is 1.95. The maximum absolute atomic E-state index is 4.16. The summed E-state index contributed by atoms with van der Waals surface area (Å²) in [6, 6.07) is 0. The first-order chi connectivity index (χ1) is 8.33. The van der Waals surface area contributed by atoms with E-state index in [0.717, 1.165) is 19.5 Å². The molecule has 0 aliphatic heterocycles. The van der Waals surface area contributed by atoms with Gasteiger partial charge in [-0.3, -0.25) is 4.68 Å².